The van der Waals surface area contributed by atoms with E-state index in [1.54, 1.807) is 11.3 Å². The third-order valence-corrected chi connectivity index (χ3v) is 3.45. The second-order valence-corrected chi connectivity index (χ2v) is 5.17. The number of carbonyl (C=O) groups is 1. The standard InChI is InChI=1S/C12H16N2O2S/c1-9-8-11(14-16-9)13-12(15)6-2-4-10-5-3-7-17-10/h3,5,7,9H,2,4,6,8H2,1H3,(H,13,14,15)/t9-/m1/s1. The van der Waals surface area contributed by atoms with E-state index in [0.29, 0.717) is 18.7 Å². The summed E-state index contributed by atoms with van der Waals surface area (Å²) in [5, 5.41) is 8.64. The summed E-state index contributed by atoms with van der Waals surface area (Å²) in [6.07, 6.45) is 3.14. The van der Waals surface area contributed by atoms with E-state index in [1.165, 1.54) is 4.88 Å². The van der Waals surface area contributed by atoms with E-state index in [0.717, 1.165) is 12.8 Å². The first-order valence-electron chi connectivity index (χ1n) is 5.79. The van der Waals surface area contributed by atoms with Crippen LogP contribution in [0.15, 0.2) is 22.7 Å². The summed E-state index contributed by atoms with van der Waals surface area (Å²) in [7, 11) is 0. The fourth-order valence-electron chi connectivity index (χ4n) is 1.68. The Balaban J connectivity index is 1.64. The monoisotopic (exact) mass is 252 g/mol. The molecule has 0 saturated heterocycles. The molecule has 1 atom stereocenters. The molecule has 0 aromatic carbocycles. The van der Waals surface area contributed by atoms with Crippen LogP contribution in [0, 0.1) is 0 Å². The molecule has 17 heavy (non-hydrogen) atoms. The Labute approximate surface area is 105 Å². The molecule has 2 rings (SSSR count). The van der Waals surface area contributed by atoms with Crippen molar-refractivity contribution in [1.29, 1.82) is 0 Å². The van der Waals surface area contributed by atoms with Crippen molar-refractivity contribution in [2.24, 2.45) is 5.16 Å². The first-order chi connectivity index (χ1) is 8.24. The predicted octanol–water partition coefficient (Wildman–Crippen LogP) is 2.31. The number of hydrogen-bond acceptors (Lipinski definition) is 4. The van der Waals surface area contributed by atoms with Crippen molar-refractivity contribution >= 4 is 23.1 Å². The molecule has 1 aromatic heterocycles. The minimum absolute atomic E-state index is 0.0259. The molecule has 92 valence electrons. The summed E-state index contributed by atoms with van der Waals surface area (Å²) in [5.74, 6) is 0.677. The topological polar surface area (TPSA) is 50.7 Å². The van der Waals surface area contributed by atoms with Crippen molar-refractivity contribution in [2.75, 3.05) is 0 Å². The maximum atomic E-state index is 11.6. The number of amidine groups is 1. The molecule has 2 heterocycles. The molecule has 1 aliphatic heterocycles. The molecule has 0 saturated carbocycles. The van der Waals surface area contributed by atoms with Crippen molar-refractivity contribution in [2.45, 2.75) is 38.7 Å². The van der Waals surface area contributed by atoms with Crippen LogP contribution in [-0.2, 0) is 16.1 Å². The quantitative estimate of drug-likeness (QED) is 0.894. The molecule has 4 nitrogen and oxygen atoms in total. The highest BCUT2D eigenvalue weighted by atomic mass is 32.1. The lowest BCUT2D eigenvalue weighted by Crippen LogP contribution is -2.29. The highest BCUT2D eigenvalue weighted by molar-refractivity contribution is 7.09. The maximum Gasteiger partial charge on any atom is 0.225 e. The van der Waals surface area contributed by atoms with E-state index in [-0.39, 0.29) is 12.0 Å². The molecule has 1 amide bonds. The minimum Gasteiger partial charge on any atom is -0.391 e. The predicted molar refractivity (Wildman–Crippen MR) is 68.0 cm³/mol. The van der Waals surface area contributed by atoms with Crippen LogP contribution >= 0.6 is 11.3 Å². The van der Waals surface area contributed by atoms with Crippen LogP contribution in [0.3, 0.4) is 0 Å². The van der Waals surface area contributed by atoms with Gasteiger partial charge in [0.05, 0.1) is 0 Å². The second-order valence-electron chi connectivity index (χ2n) is 4.14. The smallest absolute Gasteiger partial charge is 0.225 e. The number of hydrogen-bond donors (Lipinski definition) is 1. The summed E-state index contributed by atoms with van der Waals surface area (Å²) in [5.41, 5.74) is 0. The molecule has 0 bridgehead atoms. The lowest BCUT2D eigenvalue weighted by molar-refractivity contribution is -0.119. The Kier molecular flexibility index (Phi) is 4.14. The fourth-order valence-corrected chi connectivity index (χ4v) is 2.43. The lowest BCUT2D eigenvalue weighted by atomic mass is 10.2. The molecule has 1 N–H and O–H groups in total. The molecule has 5 heteroatoms. The summed E-state index contributed by atoms with van der Waals surface area (Å²) in [6, 6.07) is 4.13. The highest BCUT2D eigenvalue weighted by Crippen LogP contribution is 2.12. The maximum absolute atomic E-state index is 11.6. The zero-order valence-electron chi connectivity index (χ0n) is 9.81. The summed E-state index contributed by atoms with van der Waals surface area (Å²) in [6.45, 7) is 1.93. The zero-order valence-corrected chi connectivity index (χ0v) is 10.6. The number of nitrogens with one attached hydrogen (secondary N) is 1. The van der Waals surface area contributed by atoms with Gasteiger partial charge in [-0.25, -0.2) is 0 Å². The van der Waals surface area contributed by atoms with Crippen LogP contribution in [0.25, 0.3) is 0 Å². The molecule has 0 aliphatic carbocycles. The van der Waals surface area contributed by atoms with Crippen LogP contribution in [-0.4, -0.2) is 17.8 Å². The Bertz CT molecular complexity index is 401. The number of rotatable bonds is 4. The zero-order chi connectivity index (χ0) is 12.1. The molecular formula is C12H16N2O2S. The fraction of sp³-hybridized carbons (Fsp3) is 0.500. The van der Waals surface area contributed by atoms with Gasteiger partial charge in [-0.1, -0.05) is 11.2 Å². The van der Waals surface area contributed by atoms with Crippen LogP contribution in [0.1, 0.15) is 31.1 Å². The number of oxime groups is 1. The van der Waals surface area contributed by atoms with Gasteiger partial charge in [0.2, 0.25) is 5.91 Å². The highest BCUT2D eigenvalue weighted by Gasteiger charge is 2.17. The van der Waals surface area contributed by atoms with Crippen molar-refractivity contribution < 1.29 is 9.63 Å². The first-order valence-corrected chi connectivity index (χ1v) is 6.67. The van der Waals surface area contributed by atoms with Gasteiger partial charge in [0.1, 0.15) is 6.10 Å². The van der Waals surface area contributed by atoms with Crippen LogP contribution in [0.2, 0.25) is 0 Å². The Morgan fingerprint density at radius 1 is 1.71 bits per heavy atom. The molecule has 0 radical (unpaired) electrons. The Morgan fingerprint density at radius 2 is 2.59 bits per heavy atom. The largest absolute Gasteiger partial charge is 0.391 e. The summed E-state index contributed by atoms with van der Waals surface area (Å²) in [4.78, 5) is 17.9. The van der Waals surface area contributed by atoms with E-state index >= 15 is 0 Å². The average molecular weight is 252 g/mol. The van der Waals surface area contributed by atoms with Crippen LogP contribution in [0.4, 0.5) is 0 Å². The Morgan fingerprint density at radius 3 is 3.24 bits per heavy atom. The number of carbonyl (C=O) groups excluding carboxylic acids is 1. The normalized spacial score (nSPS) is 18.6. The van der Waals surface area contributed by atoms with Gasteiger partial charge >= 0.3 is 0 Å². The van der Waals surface area contributed by atoms with Gasteiger partial charge in [-0.05, 0) is 31.2 Å². The van der Waals surface area contributed by atoms with Crippen molar-refractivity contribution in [3.8, 4) is 0 Å². The van der Waals surface area contributed by atoms with E-state index < -0.39 is 0 Å². The van der Waals surface area contributed by atoms with Gasteiger partial charge in [-0.15, -0.1) is 11.3 Å². The minimum atomic E-state index is 0.0259. The number of aryl methyl sites for hydroxylation is 1. The van der Waals surface area contributed by atoms with E-state index in [4.69, 9.17) is 4.84 Å². The van der Waals surface area contributed by atoms with E-state index in [1.807, 2.05) is 13.0 Å². The second kappa shape index (κ2) is 5.82. The number of thiophene rings is 1. The van der Waals surface area contributed by atoms with Gasteiger partial charge in [0, 0.05) is 17.7 Å². The van der Waals surface area contributed by atoms with Gasteiger partial charge in [-0.2, -0.15) is 0 Å². The third kappa shape index (κ3) is 3.85. The molecule has 1 aliphatic rings. The SMILES string of the molecule is C[C@@H]1CC(NC(=O)CCCc2cccs2)=NO1. The van der Waals surface area contributed by atoms with Crippen LogP contribution in [0.5, 0.6) is 0 Å². The third-order valence-electron chi connectivity index (χ3n) is 2.51. The summed E-state index contributed by atoms with van der Waals surface area (Å²) >= 11 is 1.73. The molecule has 0 spiro atoms. The van der Waals surface area contributed by atoms with Crippen molar-refractivity contribution in [3.05, 3.63) is 22.4 Å². The van der Waals surface area contributed by atoms with Gasteiger partial charge in [0.25, 0.3) is 0 Å². The molecular weight excluding hydrogens is 236 g/mol. The van der Waals surface area contributed by atoms with Crippen molar-refractivity contribution in [1.82, 2.24) is 5.32 Å². The van der Waals surface area contributed by atoms with E-state index in [9.17, 15) is 4.79 Å². The van der Waals surface area contributed by atoms with E-state index in [2.05, 4.69) is 21.9 Å². The first kappa shape index (κ1) is 12.1. The summed E-state index contributed by atoms with van der Waals surface area (Å²) < 4.78 is 0. The Hall–Kier alpha value is -1.36. The average Bonchev–Trinajstić information content (AvgIpc) is 2.90. The van der Waals surface area contributed by atoms with Gasteiger partial charge in [0.15, 0.2) is 5.84 Å². The molecule has 1 aromatic rings. The number of nitrogens with zero attached hydrogens (tertiary/aromatic N) is 1. The van der Waals surface area contributed by atoms with Crippen molar-refractivity contribution in [3.63, 3.8) is 0 Å². The molecule has 0 fully saturated rings. The number of amides is 1. The molecule has 0 unspecified atom stereocenters. The lowest BCUT2D eigenvalue weighted by Gasteiger charge is -2.02. The van der Waals surface area contributed by atoms with Gasteiger partial charge in [-0.3, -0.25) is 4.79 Å². The van der Waals surface area contributed by atoms with Gasteiger partial charge < -0.3 is 10.2 Å². The van der Waals surface area contributed by atoms with Crippen LogP contribution < -0.4 is 5.32 Å².